The molecule has 3 aromatic rings. The fraction of sp³-hybridized carbons (Fsp3) is 0.350. The molecule has 0 radical (unpaired) electrons. The first-order valence-corrected chi connectivity index (χ1v) is 9.63. The first-order valence-electron chi connectivity index (χ1n) is 8.87. The number of hydrogen-bond donors (Lipinski definition) is 0. The molecule has 144 valence electrons. The maximum Gasteiger partial charge on any atom is 0.175 e. The topological polar surface area (TPSA) is 45.5 Å². The van der Waals surface area contributed by atoms with E-state index < -0.39 is 0 Å². The molecule has 0 bridgehead atoms. The summed E-state index contributed by atoms with van der Waals surface area (Å²) in [5, 5.41) is 1.03. The molecule has 2 aromatic carbocycles. The van der Waals surface area contributed by atoms with Crippen LogP contribution in [0.25, 0.3) is 11.0 Å². The van der Waals surface area contributed by atoms with Gasteiger partial charge >= 0.3 is 0 Å². The summed E-state index contributed by atoms with van der Waals surface area (Å²) in [4.78, 5) is 4.71. The molecule has 0 aliphatic heterocycles. The zero-order chi connectivity index (χ0) is 19.2. The van der Waals surface area contributed by atoms with Gasteiger partial charge in [0.15, 0.2) is 6.29 Å². The van der Waals surface area contributed by atoms with Gasteiger partial charge in [-0.1, -0.05) is 35.3 Å². The second kappa shape index (κ2) is 9.42. The normalized spacial score (nSPS) is 11.4. The first kappa shape index (κ1) is 20.0. The van der Waals surface area contributed by atoms with Gasteiger partial charge < -0.3 is 18.8 Å². The van der Waals surface area contributed by atoms with Gasteiger partial charge in [0.25, 0.3) is 0 Å². The summed E-state index contributed by atoms with van der Waals surface area (Å²) >= 11 is 12.1. The number of para-hydroxylation sites is 2. The monoisotopic (exact) mass is 408 g/mol. The molecule has 5 nitrogen and oxygen atoms in total. The molecule has 1 heterocycles. The zero-order valence-corrected chi connectivity index (χ0v) is 16.8. The van der Waals surface area contributed by atoms with E-state index in [9.17, 15) is 0 Å². The number of hydrogen-bond acceptors (Lipinski definition) is 4. The number of rotatable bonds is 9. The van der Waals surface area contributed by atoms with Crippen LogP contribution in [0.4, 0.5) is 0 Å². The van der Waals surface area contributed by atoms with Crippen molar-refractivity contribution in [2.24, 2.45) is 0 Å². The van der Waals surface area contributed by atoms with E-state index in [1.165, 1.54) is 0 Å². The molecule has 3 rings (SSSR count). The van der Waals surface area contributed by atoms with Crippen molar-refractivity contribution in [2.75, 3.05) is 13.2 Å². The lowest BCUT2D eigenvalue weighted by atomic mass is 10.3. The van der Waals surface area contributed by atoms with Crippen molar-refractivity contribution in [3.05, 3.63) is 58.3 Å². The second-order valence-corrected chi connectivity index (χ2v) is 6.67. The number of fused-ring (bicyclic) bond motifs is 1. The Morgan fingerprint density at radius 1 is 1.04 bits per heavy atom. The first-order chi connectivity index (χ1) is 13.1. The van der Waals surface area contributed by atoms with E-state index in [2.05, 4.69) is 4.57 Å². The van der Waals surface area contributed by atoms with E-state index >= 15 is 0 Å². The lowest BCUT2D eigenvalue weighted by Gasteiger charge is -2.19. The third kappa shape index (κ3) is 4.93. The molecule has 27 heavy (non-hydrogen) atoms. The fourth-order valence-electron chi connectivity index (χ4n) is 2.85. The molecular weight excluding hydrogens is 387 g/mol. The predicted molar refractivity (Wildman–Crippen MR) is 108 cm³/mol. The molecule has 0 fully saturated rings. The van der Waals surface area contributed by atoms with Crippen LogP contribution in [0.5, 0.6) is 5.75 Å². The second-order valence-electron chi connectivity index (χ2n) is 5.83. The van der Waals surface area contributed by atoms with Crippen molar-refractivity contribution < 1.29 is 14.2 Å². The number of aromatic nitrogens is 2. The van der Waals surface area contributed by atoms with Crippen molar-refractivity contribution >= 4 is 34.2 Å². The Morgan fingerprint density at radius 3 is 2.48 bits per heavy atom. The van der Waals surface area contributed by atoms with Crippen LogP contribution in [-0.2, 0) is 22.6 Å². The summed E-state index contributed by atoms with van der Waals surface area (Å²) in [7, 11) is 0. The highest BCUT2D eigenvalue weighted by atomic mass is 35.5. The van der Waals surface area contributed by atoms with Crippen LogP contribution in [0, 0.1) is 0 Å². The molecule has 0 N–H and O–H groups in total. The Bertz CT molecular complexity index is 892. The number of ether oxygens (including phenoxy) is 3. The molecule has 7 heteroatoms. The Hall–Kier alpha value is -1.79. The maximum absolute atomic E-state index is 6.20. The van der Waals surface area contributed by atoms with E-state index in [0.29, 0.717) is 35.6 Å². The molecule has 0 aliphatic rings. The SMILES string of the molecule is CCOC(Cn1c(COc2ccc(Cl)cc2Cl)nc2ccccc21)OCC. The molecule has 0 aliphatic carbocycles. The standard InChI is InChI=1S/C20H22Cl2N2O3/c1-3-25-20(26-4-2)12-24-17-8-6-5-7-16(17)23-19(24)13-27-18-10-9-14(21)11-15(18)22/h5-11,20H,3-4,12-13H2,1-2H3. The molecule has 1 aromatic heterocycles. The number of halogens is 2. The minimum Gasteiger partial charge on any atom is -0.484 e. The summed E-state index contributed by atoms with van der Waals surface area (Å²) in [5.74, 6) is 1.33. The summed E-state index contributed by atoms with van der Waals surface area (Å²) in [6, 6.07) is 13.1. The zero-order valence-electron chi connectivity index (χ0n) is 15.3. The number of imidazole rings is 1. The van der Waals surface area contributed by atoms with Gasteiger partial charge in [-0.05, 0) is 44.2 Å². The van der Waals surface area contributed by atoms with E-state index in [1.54, 1.807) is 18.2 Å². The average molecular weight is 409 g/mol. The van der Waals surface area contributed by atoms with Gasteiger partial charge in [-0.25, -0.2) is 4.98 Å². The highest BCUT2D eigenvalue weighted by molar-refractivity contribution is 6.35. The van der Waals surface area contributed by atoms with Gasteiger partial charge in [-0.3, -0.25) is 0 Å². The van der Waals surface area contributed by atoms with Gasteiger partial charge in [0.2, 0.25) is 0 Å². The molecular formula is C20H22Cl2N2O3. The number of benzene rings is 2. The fourth-order valence-corrected chi connectivity index (χ4v) is 3.31. The van der Waals surface area contributed by atoms with E-state index in [-0.39, 0.29) is 12.9 Å². The number of nitrogens with zero attached hydrogens (tertiary/aromatic N) is 2. The van der Waals surface area contributed by atoms with Crippen LogP contribution in [0.3, 0.4) is 0 Å². The summed E-state index contributed by atoms with van der Waals surface area (Å²) in [5.41, 5.74) is 1.90. The van der Waals surface area contributed by atoms with Gasteiger partial charge in [0.1, 0.15) is 18.2 Å². The van der Waals surface area contributed by atoms with Crippen molar-refractivity contribution in [2.45, 2.75) is 33.3 Å². The Balaban J connectivity index is 1.87. The third-order valence-corrected chi connectivity index (χ3v) is 4.55. The van der Waals surface area contributed by atoms with Gasteiger partial charge in [0.05, 0.1) is 22.6 Å². The maximum atomic E-state index is 6.20. The quantitative estimate of drug-likeness (QED) is 0.449. The van der Waals surface area contributed by atoms with Crippen LogP contribution in [0.1, 0.15) is 19.7 Å². The highest BCUT2D eigenvalue weighted by Gasteiger charge is 2.17. The van der Waals surface area contributed by atoms with Gasteiger partial charge in [-0.15, -0.1) is 0 Å². The Labute approximate surface area is 168 Å². The van der Waals surface area contributed by atoms with Crippen LogP contribution in [0.15, 0.2) is 42.5 Å². The van der Waals surface area contributed by atoms with Crippen LogP contribution in [-0.4, -0.2) is 29.1 Å². The van der Waals surface area contributed by atoms with Crippen molar-refractivity contribution in [3.8, 4) is 5.75 Å². The minimum absolute atomic E-state index is 0.265. The van der Waals surface area contributed by atoms with Crippen LogP contribution in [0.2, 0.25) is 10.0 Å². The van der Waals surface area contributed by atoms with E-state index in [0.717, 1.165) is 16.9 Å². The van der Waals surface area contributed by atoms with E-state index in [1.807, 2.05) is 38.1 Å². The van der Waals surface area contributed by atoms with Crippen molar-refractivity contribution in [3.63, 3.8) is 0 Å². The van der Waals surface area contributed by atoms with Crippen LogP contribution >= 0.6 is 23.2 Å². The van der Waals surface area contributed by atoms with Crippen molar-refractivity contribution in [1.82, 2.24) is 9.55 Å². The molecule has 0 spiro atoms. The molecule has 0 atom stereocenters. The summed E-state index contributed by atoms with van der Waals surface area (Å²) < 4.78 is 19.4. The lowest BCUT2D eigenvalue weighted by molar-refractivity contribution is -0.143. The Morgan fingerprint density at radius 2 is 1.78 bits per heavy atom. The predicted octanol–water partition coefficient (Wildman–Crippen LogP) is 5.32. The molecule has 0 amide bonds. The lowest BCUT2D eigenvalue weighted by Crippen LogP contribution is -2.25. The van der Waals surface area contributed by atoms with Crippen LogP contribution < -0.4 is 4.74 Å². The molecule has 0 saturated carbocycles. The smallest absolute Gasteiger partial charge is 0.175 e. The van der Waals surface area contributed by atoms with E-state index in [4.69, 9.17) is 42.4 Å². The average Bonchev–Trinajstić information content (AvgIpc) is 2.99. The largest absolute Gasteiger partial charge is 0.484 e. The minimum atomic E-state index is -0.351. The van der Waals surface area contributed by atoms with Gasteiger partial charge in [-0.2, -0.15) is 0 Å². The third-order valence-electron chi connectivity index (χ3n) is 4.02. The summed E-state index contributed by atoms with van der Waals surface area (Å²) in [6.07, 6.45) is -0.351. The highest BCUT2D eigenvalue weighted by Crippen LogP contribution is 2.28. The van der Waals surface area contributed by atoms with Crippen molar-refractivity contribution in [1.29, 1.82) is 0 Å². The van der Waals surface area contributed by atoms with Gasteiger partial charge in [0, 0.05) is 18.2 Å². The Kier molecular flexibility index (Phi) is 6.96. The summed E-state index contributed by atoms with van der Waals surface area (Å²) in [6.45, 7) is 5.83. The molecule has 0 unspecified atom stereocenters. The molecule has 0 saturated heterocycles.